The number of para-hydroxylation sites is 2. The first-order valence-electron chi connectivity index (χ1n) is 20.5. The quantitative estimate of drug-likeness (QED) is 0.0895. The second kappa shape index (κ2) is 18.6. The molecule has 9 heteroatoms. The Morgan fingerprint density at radius 2 is 1.40 bits per heavy atom. The molecule has 2 aromatic heterocycles. The molecule has 58 heavy (non-hydrogen) atoms. The molecule has 0 aliphatic heterocycles. The van der Waals surface area contributed by atoms with Gasteiger partial charge in [0, 0.05) is 49.8 Å². The van der Waals surface area contributed by atoms with Crippen molar-refractivity contribution in [2.24, 2.45) is 7.05 Å². The average Bonchev–Trinajstić information content (AvgIpc) is 3.78. The van der Waals surface area contributed by atoms with Gasteiger partial charge < -0.3 is 19.8 Å². The summed E-state index contributed by atoms with van der Waals surface area (Å²) in [5.41, 5.74) is 11.3. The number of imidazole rings is 2. The van der Waals surface area contributed by atoms with Gasteiger partial charge in [0.1, 0.15) is 11.6 Å². The Bertz CT molecular complexity index is 2580. The number of nitrogens with zero attached hydrogens (tertiary/aromatic N) is 5. The molecule has 0 fully saturated rings. The van der Waals surface area contributed by atoms with E-state index in [0.29, 0.717) is 36.3 Å². The summed E-state index contributed by atoms with van der Waals surface area (Å²) >= 11 is 0. The monoisotopic (exact) mass is 769 g/mol. The van der Waals surface area contributed by atoms with Crippen LogP contribution in [0.15, 0.2) is 109 Å². The smallest absolute Gasteiger partial charge is 0.251 e. The SMILES string of the molecule is CCCc1nc2c(C)cc(-c3nc4ccccc4n3C)cc2n1Cc1ccc(-c2ccccc2C(=O)NCCCCCCCCNC(=O)c2ccc(C#N)cc2)cc1. The first-order valence-corrected chi connectivity index (χ1v) is 20.5. The fourth-order valence-electron chi connectivity index (χ4n) is 7.72. The van der Waals surface area contributed by atoms with Crippen molar-refractivity contribution < 1.29 is 9.59 Å². The zero-order chi connectivity index (χ0) is 40.4. The Kier molecular flexibility index (Phi) is 12.7. The number of aromatic nitrogens is 4. The summed E-state index contributed by atoms with van der Waals surface area (Å²) < 4.78 is 4.52. The van der Waals surface area contributed by atoms with Crippen molar-refractivity contribution >= 4 is 33.9 Å². The number of hydrogen-bond acceptors (Lipinski definition) is 5. The van der Waals surface area contributed by atoms with Crippen molar-refractivity contribution in [1.82, 2.24) is 29.7 Å². The van der Waals surface area contributed by atoms with Crippen LogP contribution in [0.3, 0.4) is 0 Å². The fourth-order valence-corrected chi connectivity index (χ4v) is 7.72. The van der Waals surface area contributed by atoms with Crippen LogP contribution in [-0.4, -0.2) is 44.0 Å². The average molecular weight is 770 g/mol. The number of hydrogen-bond donors (Lipinski definition) is 2. The summed E-state index contributed by atoms with van der Waals surface area (Å²) in [6, 6.07) is 37.8. The second-order valence-electron chi connectivity index (χ2n) is 15.1. The summed E-state index contributed by atoms with van der Waals surface area (Å²) in [6.45, 7) is 6.28. The van der Waals surface area contributed by atoms with E-state index in [2.05, 4.69) is 101 Å². The molecule has 0 radical (unpaired) electrons. The van der Waals surface area contributed by atoms with E-state index in [9.17, 15) is 9.59 Å². The van der Waals surface area contributed by atoms with E-state index < -0.39 is 0 Å². The Morgan fingerprint density at radius 3 is 2.10 bits per heavy atom. The molecule has 5 aromatic carbocycles. The Balaban J connectivity index is 0.931. The zero-order valence-corrected chi connectivity index (χ0v) is 33.7. The molecule has 0 aliphatic carbocycles. The molecule has 0 bridgehead atoms. The van der Waals surface area contributed by atoms with Gasteiger partial charge in [-0.1, -0.05) is 87.2 Å². The molecule has 0 atom stereocenters. The fraction of sp³-hybridized carbons (Fsp3) is 0.286. The van der Waals surface area contributed by atoms with E-state index in [1.54, 1.807) is 24.3 Å². The third-order valence-corrected chi connectivity index (χ3v) is 10.9. The van der Waals surface area contributed by atoms with Gasteiger partial charge in [0.2, 0.25) is 0 Å². The molecule has 0 saturated heterocycles. The van der Waals surface area contributed by atoms with E-state index in [0.717, 1.165) is 107 Å². The van der Waals surface area contributed by atoms with E-state index in [1.807, 2.05) is 30.3 Å². The van der Waals surface area contributed by atoms with Crippen LogP contribution in [0.25, 0.3) is 44.6 Å². The predicted molar refractivity (Wildman–Crippen MR) is 233 cm³/mol. The van der Waals surface area contributed by atoms with Crippen molar-refractivity contribution in [2.45, 2.75) is 71.8 Å². The van der Waals surface area contributed by atoms with Crippen LogP contribution in [0.4, 0.5) is 0 Å². The topological polar surface area (TPSA) is 118 Å². The number of carbonyl (C=O) groups is 2. The molecule has 0 aliphatic rings. The molecule has 0 unspecified atom stereocenters. The predicted octanol–water partition coefficient (Wildman–Crippen LogP) is 9.94. The number of carbonyl (C=O) groups excluding carboxylic acids is 2. The first-order chi connectivity index (χ1) is 28.3. The van der Waals surface area contributed by atoms with Crippen LogP contribution < -0.4 is 10.6 Å². The summed E-state index contributed by atoms with van der Waals surface area (Å²) in [7, 11) is 2.08. The molecular weight excluding hydrogens is 719 g/mol. The molecular formula is C49H51N7O2. The highest BCUT2D eigenvalue weighted by Gasteiger charge is 2.18. The lowest BCUT2D eigenvalue weighted by Crippen LogP contribution is -2.25. The molecule has 0 saturated carbocycles. The maximum absolute atomic E-state index is 13.4. The van der Waals surface area contributed by atoms with Gasteiger partial charge in [0.15, 0.2) is 0 Å². The van der Waals surface area contributed by atoms with Gasteiger partial charge >= 0.3 is 0 Å². The Labute approximate surface area is 340 Å². The lowest BCUT2D eigenvalue weighted by molar-refractivity contribution is 0.0944. The van der Waals surface area contributed by atoms with Crippen LogP contribution in [-0.2, 0) is 20.0 Å². The van der Waals surface area contributed by atoms with Crippen LogP contribution >= 0.6 is 0 Å². The van der Waals surface area contributed by atoms with Gasteiger partial charge in [0.05, 0.1) is 33.7 Å². The minimum atomic E-state index is -0.112. The highest BCUT2D eigenvalue weighted by molar-refractivity contribution is 6.01. The van der Waals surface area contributed by atoms with Crippen LogP contribution in [0.2, 0.25) is 0 Å². The van der Waals surface area contributed by atoms with Gasteiger partial charge in [-0.25, -0.2) is 9.97 Å². The van der Waals surface area contributed by atoms with Crippen LogP contribution in [0, 0.1) is 18.3 Å². The summed E-state index contributed by atoms with van der Waals surface area (Å²) in [5, 5.41) is 15.0. The lowest BCUT2D eigenvalue weighted by Gasteiger charge is -2.13. The number of unbranched alkanes of at least 4 members (excludes halogenated alkanes) is 5. The molecule has 2 N–H and O–H groups in total. The highest BCUT2D eigenvalue weighted by Crippen LogP contribution is 2.31. The molecule has 9 nitrogen and oxygen atoms in total. The van der Waals surface area contributed by atoms with Crippen LogP contribution in [0.5, 0.6) is 0 Å². The van der Waals surface area contributed by atoms with Gasteiger partial charge in [-0.3, -0.25) is 9.59 Å². The van der Waals surface area contributed by atoms with Crippen molar-refractivity contribution in [3.05, 3.63) is 143 Å². The Hall–Kier alpha value is -6.53. The Morgan fingerprint density at radius 1 is 0.724 bits per heavy atom. The molecule has 7 aromatic rings. The van der Waals surface area contributed by atoms with Crippen molar-refractivity contribution in [3.63, 3.8) is 0 Å². The number of aryl methyl sites for hydroxylation is 3. The summed E-state index contributed by atoms with van der Waals surface area (Å²) in [6.07, 6.45) is 7.97. The number of nitrogens with one attached hydrogen (secondary N) is 2. The summed E-state index contributed by atoms with van der Waals surface area (Å²) in [5.74, 6) is 1.85. The highest BCUT2D eigenvalue weighted by atomic mass is 16.2. The molecule has 294 valence electrons. The number of nitriles is 1. The number of fused-ring (bicyclic) bond motifs is 2. The zero-order valence-electron chi connectivity index (χ0n) is 33.7. The minimum absolute atomic E-state index is 0.0569. The largest absolute Gasteiger partial charge is 0.352 e. The van der Waals surface area contributed by atoms with Crippen molar-refractivity contribution in [3.8, 4) is 28.6 Å². The minimum Gasteiger partial charge on any atom is -0.352 e. The third kappa shape index (κ3) is 9.03. The molecule has 7 rings (SSSR count). The number of amides is 2. The number of benzene rings is 5. The van der Waals surface area contributed by atoms with E-state index in [4.69, 9.17) is 15.2 Å². The standard InChI is InChI=1S/C49H51N7O2/c1-4-15-45-54-46-34(2)30-39(47-53-42-18-11-12-19-43(42)55(47)3)31-44(46)56(45)33-36-22-24-37(25-23-36)40-16-9-10-17-41(40)49(58)52-29-14-8-6-5-7-13-28-51-48(57)38-26-20-35(32-50)21-27-38/h9-12,16-27,30-31H,4-8,13-15,28-29,33H2,1-3H3,(H,51,57)(H,52,58). The van der Waals surface area contributed by atoms with Gasteiger partial charge in [0.25, 0.3) is 11.8 Å². The van der Waals surface area contributed by atoms with Crippen molar-refractivity contribution in [2.75, 3.05) is 13.1 Å². The first kappa shape index (κ1) is 39.7. The normalized spacial score (nSPS) is 11.2. The third-order valence-electron chi connectivity index (χ3n) is 10.9. The van der Waals surface area contributed by atoms with E-state index in [-0.39, 0.29) is 11.8 Å². The molecule has 2 amide bonds. The summed E-state index contributed by atoms with van der Waals surface area (Å²) in [4.78, 5) is 35.8. The second-order valence-corrected chi connectivity index (χ2v) is 15.1. The van der Waals surface area contributed by atoms with Gasteiger partial charge in [-0.2, -0.15) is 5.26 Å². The van der Waals surface area contributed by atoms with E-state index >= 15 is 0 Å². The lowest BCUT2D eigenvalue weighted by atomic mass is 9.98. The van der Waals surface area contributed by atoms with Gasteiger partial charge in [-0.05, 0) is 103 Å². The number of rotatable bonds is 17. The molecule has 2 heterocycles. The van der Waals surface area contributed by atoms with Crippen LogP contribution in [0.1, 0.15) is 95.1 Å². The molecule has 0 spiro atoms. The maximum Gasteiger partial charge on any atom is 0.251 e. The van der Waals surface area contributed by atoms with Crippen molar-refractivity contribution in [1.29, 1.82) is 5.26 Å². The van der Waals surface area contributed by atoms with E-state index in [1.165, 1.54) is 5.56 Å². The van der Waals surface area contributed by atoms with Gasteiger partial charge in [-0.15, -0.1) is 0 Å². The maximum atomic E-state index is 13.4.